The summed E-state index contributed by atoms with van der Waals surface area (Å²) in [7, 11) is 3.55. The fraction of sp³-hybridized carbons (Fsp3) is 0.300. The number of aromatic hydroxyl groups is 1. The molecule has 2 aromatic heterocycles. The fourth-order valence-electron chi connectivity index (χ4n) is 3.41. The minimum absolute atomic E-state index is 0. The first-order valence-corrected chi connectivity index (χ1v) is 8.74. The lowest BCUT2D eigenvalue weighted by Crippen LogP contribution is -2.11. The maximum Gasteiger partial charge on any atom is 0.340 e. The number of hydrogen-bond acceptors (Lipinski definition) is 6. The SMILES string of the molecule is CCOC(=O)c1c(CO)n(C)c2cc(-c3cccnc3)c(O)c(CNC)c12.Cl. The van der Waals surface area contributed by atoms with Crippen LogP contribution in [0.2, 0.25) is 0 Å². The molecule has 0 aliphatic carbocycles. The zero-order chi connectivity index (χ0) is 19.6. The molecule has 0 aliphatic heterocycles. The van der Waals surface area contributed by atoms with Crippen molar-refractivity contribution >= 4 is 29.3 Å². The Morgan fingerprint density at radius 2 is 2.14 bits per heavy atom. The lowest BCUT2D eigenvalue weighted by atomic mass is 9.97. The molecule has 1 aromatic carbocycles. The third kappa shape index (κ3) is 3.56. The summed E-state index contributed by atoms with van der Waals surface area (Å²) in [5.74, 6) is -0.441. The van der Waals surface area contributed by atoms with Gasteiger partial charge in [0.1, 0.15) is 5.75 Å². The van der Waals surface area contributed by atoms with Crippen LogP contribution in [0.25, 0.3) is 22.0 Å². The molecule has 0 aliphatic rings. The van der Waals surface area contributed by atoms with Gasteiger partial charge in [0.15, 0.2) is 0 Å². The second kappa shape index (κ2) is 9.05. The number of carbonyl (C=O) groups excluding carboxylic acids is 1. The molecule has 0 radical (unpaired) electrons. The number of phenols is 1. The number of nitrogens with zero attached hydrogens (tertiary/aromatic N) is 2. The number of carbonyl (C=O) groups is 1. The van der Waals surface area contributed by atoms with E-state index >= 15 is 0 Å². The van der Waals surface area contributed by atoms with Crippen molar-refractivity contribution in [3.63, 3.8) is 0 Å². The Morgan fingerprint density at radius 3 is 2.71 bits per heavy atom. The minimum Gasteiger partial charge on any atom is -0.507 e. The van der Waals surface area contributed by atoms with Gasteiger partial charge < -0.3 is 24.8 Å². The number of halogens is 1. The van der Waals surface area contributed by atoms with Gasteiger partial charge in [-0.15, -0.1) is 12.4 Å². The second-order valence-corrected chi connectivity index (χ2v) is 6.18. The fourth-order valence-corrected chi connectivity index (χ4v) is 3.41. The molecule has 0 saturated heterocycles. The lowest BCUT2D eigenvalue weighted by molar-refractivity contribution is 0.0524. The van der Waals surface area contributed by atoms with E-state index in [1.807, 2.05) is 12.1 Å². The molecule has 0 atom stereocenters. The lowest BCUT2D eigenvalue weighted by Gasteiger charge is -2.13. The quantitative estimate of drug-likeness (QED) is 0.546. The molecule has 0 spiro atoms. The third-order valence-electron chi connectivity index (χ3n) is 4.64. The van der Waals surface area contributed by atoms with Gasteiger partial charge in [0, 0.05) is 48.1 Å². The number of aliphatic hydroxyl groups excluding tert-OH is 1. The molecule has 0 amide bonds. The van der Waals surface area contributed by atoms with Crippen molar-refractivity contribution < 1.29 is 19.7 Å². The van der Waals surface area contributed by atoms with E-state index in [0.717, 1.165) is 11.1 Å². The Labute approximate surface area is 169 Å². The van der Waals surface area contributed by atoms with Gasteiger partial charge in [0.05, 0.1) is 30.0 Å². The minimum atomic E-state index is -0.516. The van der Waals surface area contributed by atoms with E-state index in [4.69, 9.17) is 4.74 Å². The summed E-state index contributed by atoms with van der Waals surface area (Å²) in [5, 5.41) is 24.5. The first-order chi connectivity index (χ1) is 13.0. The molecular formula is C20H24ClN3O4. The molecule has 0 fully saturated rings. The number of aryl methyl sites for hydroxylation is 1. The summed E-state index contributed by atoms with van der Waals surface area (Å²) in [6, 6.07) is 5.47. The van der Waals surface area contributed by atoms with Crippen LogP contribution in [0, 0.1) is 0 Å². The van der Waals surface area contributed by atoms with Crippen LogP contribution in [-0.4, -0.2) is 39.4 Å². The van der Waals surface area contributed by atoms with E-state index in [9.17, 15) is 15.0 Å². The van der Waals surface area contributed by atoms with Crippen LogP contribution in [0.5, 0.6) is 5.75 Å². The first kappa shape index (κ1) is 21.7. The molecule has 3 aromatic rings. The van der Waals surface area contributed by atoms with E-state index in [2.05, 4.69) is 10.3 Å². The number of rotatable bonds is 6. The average Bonchev–Trinajstić information content (AvgIpc) is 2.96. The molecule has 150 valence electrons. The van der Waals surface area contributed by atoms with E-state index in [1.54, 1.807) is 44.0 Å². The van der Waals surface area contributed by atoms with Crippen LogP contribution in [0.1, 0.15) is 28.5 Å². The van der Waals surface area contributed by atoms with E-state index in [-0.39, 0.29) is 36.9 Å². The Balaban J connectivity index is 0.00000280. The maximum absolute atomic E-state index is 12.6. The molecular weight excluding hydrogens is 382 g/mol. The van der Waals surface area contributed by atoms with E-state index < -0.39 is 5.97 Å². The molecule has 3 N–H and O–H groups in total. The molecule has 0 unspecified atom stereocenters. The molecule has 0 saturated carbocycles. The number of fused-ring (bicyclic) bond motifs is 1. The predicted molar refractivity (Wildman–Crippen MR) is 110 cm³/mol. The molecule has 3 rings (SSSR count). The highest BCUT2D eigenvalue weighted by molar-refractivity contribution is 6.09. The highest BCUT2D eigenvalue weighted by atomic mass is 35.5. The van der Waals surface area contributed by atoms with Gasteiger partial charge in [-0.25, -0.2) is 4.79 Å². The number of esters is 1. The van der Waals surface area contributed by atoms with Crippen LogP contribution in [0.3, 0.4) is 0 Å². The summed E-state index contributed by atoms with van der Waals surface area (Å²) in [6.07, 6.45) is 3.34. The van der Waals surface area contributed by atoms with Gasteiger partial charge in [0.2, 0.25) is 0 Å². The number of pyridine rings is 1. The largest absolute Gasteiger partial charge is 0.507 e. The standard InChI is InChI=1S/C20H23N3O4.ClH/c1-4-27-20(26)18-16(11-24)23(3)15-8-13(12-6-5-7-22-9-12)19(25)14(10-21-2)17(15)18;/h5-9,21,24-25H,4,10-11H2,1-3H3;1H. The summed E-state index contributed by atoms with van der Waals surface area (Å²) >= 11 is 0. The highest BCUT2D eigenvalue weighted by Gasteiger charge is 2.27. The Hall–Kier alpha value is -2.61. The number of nitrogens with one attached hydrogen (secondary N) is 1. The van der Waals surface area contributed by atoms with Crippen LogP contribution >= 0.6 is 12.4 Å². The van der Waals surface area contributed by atoms with Crippen LogP contribution in [0.15, 0.2) is 30.6 Å². The van der Waals surface area contributed by atoms with Gasteiger partial charge >= 0.3 is 5.97 Å². The maximum atomic E-state index is 12.6. The predicted octanol–water partition coefficient (Wildman–Crippen LogP) is 2.76. The highest BCUT2D eigenvalue weighted by Crippen LogP contribution is 2.41. The zero-order valence-electron chi connectivity index (χ0n) is 16.0. The van der Waals surface area contributed by atoms with Crippen molar-refractivity contribution in [3.05, 3.63) is 47.4 Å². The number of aromatic nitrogens is 2. The van der Waals surface area contributed by atoms with Crippen molar-refractivity contribution in [2.75, 3.05) is 13.7 Å². The first-order valence-electron chi connectivity index (χ1n) is 8.74. The Kier molecular flexibility index (Phi) is 7.01. The number of hydrogen-bond donors (Lipinski definition) is 3. The van der Waals surface area contributed by atoms with Crippen LogP contribution in [-0.2, 0) is 24.9 Å². The van der Waals surface area contributed by atoms with E-state index in [0.29, 0.717) is 28.8 Å². The van der Waals surface area contributed by atoms with Crippen molar-refractivity contribution in [3.8, 4) is 16.9 Å². The topological polar surface area (TPSA) is 96.6 Å². The third-order valence-corrected chi connectivity index (χ3v) is 4.64. The molecule has 28 heavy (non-hydrogen) atoms. The summed E-state index contributed by atoms with van der Waals surface area (Å²) in [4.78, 5) is 16.7. The molecule has 8 heteroatoms. The molecule has 7 nitrogen and oxygen atoms in total. The van der Waals surface area contributed by atoms with Gasteiger partial charge in [-0.05, 0) is 26.1 Å². The zero-order valence-corrected chi connectivity index (χ0v) is 16.8. The monoisotopic (exact) mass is 405 g/mol. The van der Waals surface area contributed by atoms with Gasteiger partial charge in [-0.1, -0.05) is 6.07 Å². The summed E-state index contributed by atoms with van der Waals surface area (Å²) < 4.78 is 6.97. The summed E-state index contributed by atoms with van der Waals surface area (Å²) in [5.41, 5.74) is 3.41. The number of aliphatic hydroxyl groups is 1. The van der Waals surface area contributed by atoms with Crippen molar-refractivity contribution in [2.45, 2.75) is 20.1 Å². The summed E-state index contributed by atoms with van der Waals surface area (Å²) in [6.45, 7) is 1.98. The van der Waals surface area contributed by atoms with Crippen molar-refractivity contribution in [1.82, 2.24) is 14.9 Å². The molecule has 2 heterocycles. The Morgan fingerprint density at radius 1 is 1.39 bits per heavy atom. The Bertz CT molecular complexity index is 987. The van der Waals surface area contributed by atoms with Gasteiger partial charge in [0.25, 0.3) is 0 Å². The number of benzene rings is 1. The van der Waals surface area contributed by atoms with Crippen LogP contribution in [0.4, 0.5) is 0 Å². The second-order valence-electron chi connectivity index (χ2n) is 6.18. The van der Waals surface area contributed by atoms with E-state index in [1.165, 1.54) is 0 Å². The van der Waals surface area contributed by atoms with Gasteiger partial charge in [-0.2, -0.15) is 0 Å². The number of phenolic OH excluding ortho intramolecular Hbond substituents is 1. The number of ether oxygens (including phenoxy) is 1. The van der Waals surface area contributed by atoms with Crippen LogP contribution < -0.4 is 5.32 Å². The normalized spacial score (nSPS) is 10.7. The van der Waals surface area contributed by atoms with Gasteiger partial charge in [-0.3, -0.25) is 4.98 Å². The smallest absolute Gasteiger partial charge is 0.340 e. The molecule has 0 bridgehead atoms. The van der Waals surface area contributed by atoms with Crippen molar-refractivity contribution in [2.24, 2.45) is 7.05 Å². The average molecular weight is 406 g/mol. The van der Waals surface area contributed by atoms with Crippen molar-refractivity contribution in [1.29, 1.82) is 0 Å².